The van der Waals surface area contributed by atoms with E-state index in [-0.39, 0.29) is 0 Å². The molecule has 4 aliphatic rings. The van der Waals surface area contributed by atoms with Gasteiger partial charge in [-0.25, -0.2) is 0 Å². The van der Waals surface area contributed by atoms with Crippen molar-refractivity contribution in [3.8, 4) is 0 Å². The summed E-state index contributed by atoms with van der Waals surface area (Å²) in [5.41, 5.74) is 5.24. The number of benzene rings is 5. The summed E-state index contributed by atoms with van der Waals surface area (Å²) in [4.78, 5) is 8.39. The fourth-order valence-electron chi connectivity index (χ4n) is 7.58. The molecule has 0 saturated heterocycles. The predicted octanol–water partition coefficient (Wildman–Crippen LogP) is 6.96. The number of hydrogen-bond acceptors (Lipinski definition) is 2. The van der Waals surface area contributed by atoms with Crippen molar-refractivity contribution in [2.75, 3.05) is 14.1 Å². The van der Waals surface area contributed by atoms with Crippen molar-refractivity contribution in [3.05, 3.63) is 177 Å². The molecule has 0 radical (unpaired) electrons. The van der Waals surface area contributed by atoms with E-state index in [9.17, 15) is 0 Å². The van der Waals surface area contributed by atoms with Crippen LogP contribution in [-0.4, -0.2) is 26.2 Å². The van der Waals surface area contributed by atoms with E-state index in [2.05, 4.69) is 172 Å². The molecule has 4 atom stereocenters. The highest BCUT2D eigenvalue weighted by molar-refractivity contribution is 8.03. The van der Waals surface area contributed by atoms with Gasteiger partial charge in [-0.1, -0.05) is 133 Å². The van der Waals surface area contributed by atoms with Crippen molar-refractivity contribution < 1.29 is 9.80 Å². The van der Waals surface area contributed by atoms with Gasteiger partial charge < -0.3 is 0 Å². The number of fused-ring (bicyclic) bond motifs is 6. The molecule has 48 heavy (non-hydrogen) atoms. The molecule has 0 fully saturated rings. The van der Waals surface area contributed by atoms with E-state index < -0.39 is 0 Å². The van der Waals surface area contributed by atoms with Crippen LogP contribution in [0.25, 0.3) is 33.7 Å². The molecule has 2 nitrogen and oxygen atoms in total. The number of hydrogen-bond donors (Lipinski definition) is 2. The maximum Gasteiger partial charge on any atom is 0.145 e. The van der Waals surface area contributed by atoms with Crippen LogP contribution in [0.3, 0.4) is 0 Å². The molecular weight excluding hydrogens is 621 g/mol. The fourth-order valence-corrected chi connectivity index (χ4v) is 10.2. The second-order valence-corrected chi connectivity index (χ2v) is 15.1. The molecule has 2 aliphatic heterocycles. The third-order valence-corrected chi connectivity index (χ3v) is 12.5. The Morgan fingerprint density at radius 2 is 0.854 bits per heavy atom. The van der Waals surface area contributed by atoms with Gasteiger partial charge in [0.15, 0.2) is 0 Å². The van der Waals surface area contributed by atoms with Crippen molar-refractivity contribution in [1.82, 2.24) is 0 Å². The number of rotatable bonds is 2. The SMILES string of the molecule is C[NH+]1c2ccccc2SC2=C/C(=C/C=c3c4ccccc4c(=C/C=C4\C=CC5C(=C4)Sc4ccccc4[NH+]5C)c4ccccc34)C=CC21. The first-order chi connectivity index (χ1) is 23.6. The first-order valence-electron chi connectivity index (χ1n) is 16.7. The summed E-state index contributed by atoms with van der Waals surface area (Å²) in [5.74, 6) is 0. The summed E-state index contributed by atoms with van der Waals surface area (Å²) >= 11 is 3.82. The van der Waals surface area contributed by atoms with E-state index >= 15 is 0 Å². The van der Waals surface area contributed by atoms with Crippen LogP contribution in [0.5, 0.6) is 0 Å². The Hall–Kier alpha value is -4.58. The number of thioether (sulfide) groups is 2. The van der Waals surface area contributed by atoms with E-state index in [1.165, 1.54) is 83.9 Å². The van der Waals surface area contributed by atoms with Crippen molar-refractivity contribution in [2.45, 2.75) is 21.9 Å². The fraction of sp³-hybridized carbons (Fsp3) is 0.0909. The topological polar surface area (TPSA) is 8.88 Å². The minimum absolute atomic E-state index is 0.364. The Bertz CT molecular complexity index is 2230. The van der Waals surface area contributed by atoms with Gasteiger partial charge in [0.2, 0.25) is 0 Å². The molecule has 4 heteroatoms. The lowest BCUT2D eigenvalue weighted by Crippen LogP contribution is -3.09. The van der Waals surface area contributed by atoms with E-state index in [0.29, 0.717) is 12.1 Å². The van der Waals surface area contributed by atoms with E-state index in [1.54, 1.807) is 0 Å². The zero-order valence-electron chi connectivity index (χ0n) is 27.0. The summed E-state index contributed by atoms with van der Waals surface area (Å²) in [6, 6.07) is 36.0. The van der Waals surface area contributed by atoms with Crippen molar-refractivity contribution >= 4 is 68.6 Å². The molecule has 0 spiro atoms. The quantitative estimate of drug-likeness (QED) is 0.199. The van der Waals surface area contributed by atoms with Crippen LogP contribution in [0.2, 0.25) is 0 Å². The summed E-state index contributed by atoms with van der Waals surface area (Å²) in [6.07, 6.45) is 23.3. The molecule has 0 saturated carbocycles. The lowest BCUT2D eigenvalue weighted by atomic mass is 9.96. The average Bonchev–Trinajstić information content (AvgIpc) is 3.13. The van der Waals surface area contributed by atoms with Gasteiger partial charge >= 0.3 is 0 Å². The van der Waals surface area contributed by atoms with E-state index in [1.807, 2.05) is 23.5 Å². The summed E-state index contributed by atoms with van der Waals surface area (Å²) in [6.45, 7) is 0. The normalized spacial score (nSPS) is 24.0. The number of para-hydroxylation sites is 2. The Labute approximate surface area is 290 Å². The maximum absolute atomic E-state index is 2.38. The van der Waals surface area contributed by atoms with Gasteiger partial charge in [0.05, 0.1) is 33.7 Å². The first-order valence-corrected chi connectivity index (χ1v) is 18.3. The van der Waals surface area contributed by atoms with Gasteiger partial charge in [0.1, 0.15) is 23.5 Å². The summed E-state index contributed by atoms with van der Waals surface area (Å²) < 4.78 is 0. The number of quaternary nitrogens is 2. The van der Waals surface area contributed by atoms with Crippen LogP contribution in [0.15, 0.2) is 176 Å². The standard InChI is InChI=1S/C44H34N2S2/c1-45-37-15-7-9-17-41(37)47-43-27-29(21-25-39(43)45)19-23-35-31-11-3-5-13-33(31)36(34-14-6-4-12-32(34)35)24-20-30-22-26-40-44(28-30)48-42-18-10-8-16-38(42)46(40)2/h3-28,39-40H,1-2H3/p+2/b29-19+,30-20+,35-23?,36-24?. The van der Waals surface area contributed by atoms with Crippen LogP contribution in [-0.2, 0) is 0 Å². The maximum atomic E-state index is 2.38. The molecule has 0 bridgehead atoms. The van der Waals surface area contributed by atoms with Crippen LogP contribution < -0.4 is 20.2 Å². The monoisotopic (exact) mass is 656 g/mol. The summed E-state index contributed by atoms with van der Waals surface area (Å²) in [5, 5.41) is 7.63. The van der Waals surface area contributed by atoms with Crippen LogP contribution in [0.4, 0.5) is 11.4 Å². The van der Waals surface area contributed by atoms with Gasteiger partial charge in [-0.3, -0.25) is 9.80 Å². The average molecular weight is 657 g/mol. The van der Waals surface area contributed by atoms with Gasteiger partial charge in [0, 0.05) is 12.1 Å². The Balaban J connectivity index is 1.13. The van der Waals surface area contributed by atoms with Gasteiger partial charge in [0.25, 0.3) is 0 Å². The van der Waals surface area contributed by atoms with Crippen molar-refractivity contribution in [1.29, 1.82) is 0 Å². The minimum Gasteiger partial charge on any atom is -0.294 e. The molecular formula is C44H36N2S2+2. The van der Waals surface area contributed by atoms with E-state index in [4.69, 9.17) is 0 Å². The van der Waals surface area contributed by atoms with Gasteiger partial charge in [-0.05, 0) is 79.6 Å². The largest absolute Gasteiger partial charge is 0.294 e. The summed E-state index contributed by atoms with van der Waals surface area (Å²) in [7, 11) is 4.56. The zero-order chi connectivity index (χ0) is 32.2. The number of likely N-dealkylation sites (N-methyl/N-ethyl adjacent to an activating group) is 2. The molecule has 0 amide bonds. The van der Waals surface area contributed by atoms with Crippen LogP contribution >= 0.6 is 23.5 Å². The third-order valence-electron chi connectivity index (χ3n) is 10.1. The second-order valence-electron chi connectivity index (χ2n) is 12.9. The van der Waals surface area contributed by atoms with Crippen molar-refractivity contribution in [2.24, 2.45) is 0 Å². The molecule has 0 aromatic heterocycles. The Morgan fingerprint density at radius 1 is 0.479 bits per heavy atom. The Kier molecular flexibility index (Phi) is 7.47. The molecule has 2 heterocycles. The Morgan fingerprint density at radius 3 is 1.27 bits per heavy atom. The smallest absolute Gasteiger partial charge is 0.145 e. The lowest BCUT2D eigenvalue weighted by molar-refractivity contribution is -0.826. The highest BCUT2D eigenvalue weighted by Gasteiger charge is 2.33. The molecule has 5 aromatic rings. The van der Waals surface area contributed by atoms with Gasteiger partial charge in [-0.15, -0.1) is 0 Å². The van der Waals surface area contributed by atoms with Crippen molar-refractivity contribution in [3.63, 3.8) is 0 Å². The van der Waals surface area contributed by atoms with Crippen LogP contribution in [0.1, 0.15) is 0 Å². The second kappa shape index (κ2) is 12.1. The molecule has 4 unspecified atom stereocenters. The highest BCUT2D eigenvalue weighted by Crippen LogP contribution is 2.40. The molecule has 232 valence electrons. The molecule has 9 rings (SSSR count). The first kappa shape index (κ1) is 29.6. The lowest BCUT2D eigenvalue weighted by Gasteiger charge is -2.32. The minimum atomic E-state index is 0.364. The number of allylic oxidation sites excluding steroid dienone is 8. The third kappa shape index (κ3) is 5.08. The number of nitrogens with one attached hydrogen (secondary N) is 2. The molecule has 5 aromatic carbocycles. The molecule has 2 N–H and O–H groups in total. The highest BCUT2D eigenvalue weighted by atomic mass is 32.2. The van der Waals surface area contributed by atoms with Crippen LogP contribution in [0, 0.1) is 0 Å². The van der Waals surface area contributed by atoms with E-state index in [0.717, 1.165) is 0 Å². The molecule has 2 aliphatic carbocycles. The predicted molar refractivity (Wildman–Crippen MR) is 206 cm³/mol. The zero-order valence-corrected chi connectivity index (χ0v) is 28.6. The van der Waals surface area contributed by atoms with Gasteiger partial charge in [-0.2, -0.15) is 0 Å².